The molecule has 0 bridgehead atoms. The predicted octanol–water partition coefficient (Wildman–Crippen LogP) is 1.57. The quantitative estimate of drug-likeness (QED) is 0.672. The van der Waals surface area contributed by atoms with Gasteiger partial charge in [-0.05, 0) is 38.1 Å². The fraction of sp³-hybridized carbons (Fsp3) is 0.529. The molecule has 3 rings (SSSR count). The molecule has 0 radical (unpaired) electrons. The molecule has 1 aromatic carbocycles. The molecule has 1 unspecified atom stereocenters. The van der Waals surface area contributed by atoms with Crippen molar-refractivity contribution in [1.82, 2.24) is 15.5 Å². The molecule has 25 heavy (non-hydrogen) atoms. The second-order valence-corrected chi connectivity index (χ2v) is 7.54. The van der Waals surface area contributed by atoms with E-state index in [1.165, 1.54) is 11.8 Å². The molecule has 2 aliphatic rings. The van der Waals surface area contributed by atoms with Crippen LogP contribution in [0.1, 0.15) is 23.7 Å². The van der Waals surface area contributed by atoms with Crippen molar-refractivity contribution in [1.29, 1.82) is 0 Å². The Morgan fingerprint density at radius 2 is 2.12 bits per heavy atom. The van der Waals surface area contributed by atoms with Crippen LogP contribution >= 0.6 is 24.2 Å². The summed E-state index contributed by atoms with van der Waals surface area (Å²) in [5, 5.41) is 9.06. The summed E-state index contributed by atoms with van der Waals surface area (Å²) in [7, 11) is 0. The van der Waals surface area contributed by atoms with Crippen molar-refractivity contribution in [3.63, 3.8) is 0 Å². The molecule has 0 aliphatic carbocycles. The van der Waals surface area contributed by atoms with Crippen molar-refractivity contribution in [3.05, 3.63) is 23.8 Å². The Kier molecular flexibility index (Phi) is 7.56. The molecular formula is C17H25ClN4O2S. The van der Waals surface area contributed by atoms with E-state index < -0.39 is 0 Å². The van der Waals surface area contributed by atoms with Crippen molar-refractivity contribution >= 4 is 41.7 Å². The highest BCUT2D eigenvalue weighted by molar-refractivity contribution is 8.00. The predicted molar refractivity (Wildman–Crippen MR) is 104 cm³/mol. The van der Waals surface area contributed by atoms with Gasteiger partial charge in [-0.25, -0.2) is 0 Å². The van der Waals surface area contributed by atoms with Gasteiger partial charge in [-0.2, -0.15) is 0 Å². The minimum absolute atomic E-state index is 0. The lowest BCUT2D eigenvalue weighted by Gasteiger charge is -2.27. The van der Waals surface area contributed by atoms with E-state index in [2.05, 4.69) is 20.9 Å². The van der Waals surface area contributed by atoms with Crippen LogP contribution in [0.15, 0.2) is 23.1 Å². The second kappa shape index (κ2) is 9.43. The molecule has 8 heteroatoms. The maximum absolute atomic E-state index is 12.3. The zero-order valence-corrected chi connectivity index (χ0v) is 16.0. The number of thioether (sulfide) groups is 1. The average Bonchev–Trinajstić information content (AvgIpc) is 2.60. The molecule has 6 nitrogen and oxygen atoms in total. The molecule has 0 spiro atoms. The Morgan fingerprint density at radius 1 is 1.36 bits per heavy atom. The average molecular weight is 385 g/mol. The Morgan fingerprint density at radius 3 is 2.88 bits per heavy atom. The number of anilines is 1. The van der Waals surface area contributed by atoms with Crippen LogP contribution in [0.2, 0.25) is 0 Å². The molecule has 2 aliphatic heterocycles. The zero-order chi connectivity index (χ0) is 16.9. The molecule has 138 valence electrons. The highest BCUT2D eigenvalue weighted by atomic mass is 35.5. The number of nitrogens with one attached hydrogen (secondary N) is 3. The number of benzene rings is 1. The van der Waals surface area contributed by atoms with E-state index >= 15 is 0 Å². The maximum atomic E-state index is 12.3. The van der Waals surface area contributed by atoms with Gasteiger partial charge in [-0.3, -0.25) is 9.59 Å². The third kappa shape index (κ3) is 5.34. The van der Waals surface area contributed by atoms with Gasteiger partial charge in [0.25, 0.3) is 5.91 Å². The first-order valence-electron chi connectivity index (χ1n) is 8.46. The smallest absolute Gasteiger partial charge is 0.251 e. The standard InChI is InChI=1S/C17H24N4O2S.ClH/c1-12-16(22)20-14-11-13(3-4-15(14)24-12)17(23)19-5-2-8-21-9-6-18-7-10-21;/h3-4,11-12,18H,2,5-10H2,1H3,(H,19,23)(H,20,22);1H. The van der Waals surface area contributed by atoms with E-state index in [4.69, 9.17) is 0 Å². The lowest BCUT2D eigenvalue weighted by molar-refractivity contribution is -0.115. The van der Waals surface area contributed by atoms with Crippen molar-refractivity contribution < 1.29 is 9.59 Å². The number of hydrogen-bond donors (Lipinski definition) is 3. The number of carbonyl (C=O) groups is 2. The Bertz CT molecular complexity index is 623. The minimum atomic E-state index is -0.0952. The van der Waals surface area contributed by atoms with E-state index in [1.54, 1.807) is 6.07 Å². The van der Waals surface area contributed by atoms with Crippen LogP contribution in [0.3, 0.4) is 0 Å². The summed E-state index contributed by atoms with van der Waals surface area (Å²) in [6, 6.07) is 5.49. The summed E-state index contributed by atoms with van der Waals surface area (Å²) in [4.78, 5) is 27.5. The van der Waals surface area contributed by atoms with Crippen LogP contribution in [0, 0.1) is 0 Å². The lowest BCUT2D eigenvalue weighted by atomic mass is 10.1. The molecule has 1 atom stereocenters. The number of hydrogen-bond acceptors (Lipinski definition) is 5. The molecule has 1 saturated heterocycles. The molecule has 2 heterocycles. The van der Waals surface area contributed by atoms with Crippen LogP contribution < -0.4 is 16.0 Å². The SMILES string of the molecule is CC1Sc2ccc(C(=O)NCCCN3CCNCC3)cc2NC1=O.Cl. The number of nitrogens with zero attached hydrogens (tertiary/aromatic N) is 1. The largest absolute Gasteiger partial charge is 0.352 e. The number of amides is 2. The normalized spacial score (nSPS) is 20.2. The molecule has 1 fully saturated rings. The topological polar surface area (TPSA) is 73.5 Å². The molecule has 3 N–H and O–H groups in total. The number of fused-ring (bicyclic) bond motifs is 1. The van der Waals surface area contributed by atoms with Gasteiger partial charge >= 0.3 is 0 Å². The maximum Gasteiger partial charge on any atom is 0.251 e. The molecule has 0 aromatic heterocycles. The number of carbonyl (C=O) groups excluding carboxylic acids is 2. The zero-order valence-electron chi connectivity index (χ0n) is 14.3. The minimum Gasteiger partial charge on any atom is -0.352 e. The van der Waals surface area contributed by atoms with Gasteiger partial charge < -0.3 is 20.9 Å². The fourth-order valence-corrected chi connectivity index (χ4v) is 3.82. The first kappa shape index (κ1) is 20.0. The molecule has 1 aromatic rings. The summed E-state index contributed by atoms with van der Waals surface area (Å²) >= 11 is 1.52. The van der Waals surface area contributed by atoms with E-state index in [0.717, 1.165) is 49.7 Å². The van der Waals surface area contributed by atoms with Crippen LogP contribution in [-0.4, -0.2) is 61.2 Å². The Labute approximate surface area is 158 Å². The number of piperazine rings is 1. The van der Waals surface area contributed by atoms with Crippen LogP contribution in [0.5, 0.6) is 0 Å². The summed E-state index contributed by atoms with van der Waals surface area (Å²) in [5.74, 6) is -0.0999. The van der Waals surface area contributed by atoms with Crippen molar-refractivity contribution in [2.24, 2.45) is 0 Å². The highest BCUT2D eigenvalue weighted by Gasteiger charge is 2.23. The molecule has 2 amide bonds. The van der Waals surface area contributed by atoms with Crippen molar-refractivity contribution in [3.8, 4) is 0 Å². The Balaban J connectivity index is 0.00000225. The highest BCUT2D eigenvalue weighted by Crippen LogP contribution is 2.35. The first-order chi connectivity index (χ1) is 11.6. The molecule has 0 saturated carbocycles. The summed E-state index contributed by atoms with van der Waals surface area (Å²) in [6.07, 6.45) is 0.945. The summed E-state index contributed by atoms with van der Waals surface area (Å²) in [6.45, 7) is 7.80. The van der Waals surface area contributed by atoms with Gasteiger partial charge in [0.1, 0.15) is 0 Å². The fourth-order valence-electron chi connectivity index (χ4n) is 2.89. The van der Waals surface area contributed by atoms with E-state index in [-0.39, 0.29) is 29.5 Å². The summed E-state index contributed by atoms with van der Waals surface area (Å²) in [5.41, 5.74) is 1.32. The van der Waals surface area contributed by atoms with Crippen LogP contribution in [-0.2, 0) is 4.79 Å². The van der Waals surface area contributed by atoms with E-state index in [9.17, 15) is 9.59 Å². The Hall–Kier alpha value is -1.28. The third-order valence-electron chi connectivity index (χ3n) is 4.32. The van der Waals surface area contributed by atoms with Gasteiger partial charge in [0, 0.05) is 43.2 Å². The monoisotopic (exact) mass is 384 g/mol. The third-order valence-corrected chi connectivity index (χ3v) is 5.50. The van der Waals surface area contributed by atoms with E-state index in [0.29, 0.717) is 12.1 Å². The van der Waals surface area contributed by atoms with E-state index in [1.807, 2.05) is 19.1 Å². The lowest BCUT2D eigenvalue weighted by Crippen LogP contribution is -2.44. The van der Waals surface area contributed by atoms with Crippen molar-refractivity contribution in [2.45, 2.75) is 23.5 Å². The van der Waals surface area contributed by atoms with Gasteiger partial charge in [-0.1, -0.05) is 0 Å². The molecular weight excluding hydrogens is 360 g/mol. The second-order valence-electron chi connectivity index (χ2n) is 6.16. The van der Waals surface area contributed by atoms with Crippen LogP contribution in [0.25, 0.3) is 0 Å². The van der Waals surface area contributed by atoms with Crippen molar-refractivity contribution in [2.75, 3.05) is 44.6 Å². The first-order valence-corrected chi connectivity index (χ1v) is 9.34. The van der Waals surface area contributed by atoms with Gasteiger partial charge in [-0.15, -0.1) is 24.2 Å². The van der Waals surface area contributed by atoms with Gasteiger partial charge in [0.05, 0.1) is 10.9 Å². The number of rotatable bonds is 5. The van der Waals surface area contributed by atoms with Gasteiger partial charge in [0.15, 0.2) is 0 Å². The summed E-state index contributed by atoms with van der Waals surface area (Å²) < 4.78 is 0. The van der Waals surface area contributed by atoms with Crippen LogP contribution in [0.4, 0.5) is 5.69 Å². The van der Waals surface area contributed by atoms with Gasteiger partial charge in [0.2, 0.25) is 5.91 Å². The number of halogens is 1.